The molecule has 2 aromatic carbocycles. The molecule has 0 bridgehead atoms. The second-order valence-corrected chi connectivity index (χ2v) is 3.66. The zero-order valence-corrected chi connectivity index (χ0v) is 9.36. The fourth-order valence-corrected chi connectivity index (χ4v) is 1.56. The summed E-state index contributed by atoms with van der Waals surface area (Å²) in [5, 5.41) is 3.24. The van der Waals surface area contributed by atoms with Crippen LogP contribution in [0.2, 0.25) is 0 Å². The zero-order valence-electron chi connectivity index (χ0n) is 9.36. The van der Waals surface area contributed by atoms with Crippen molar-refractivity contribution in [2.45, 2.75) is 6.54 Å². The van der Waals surface area contributed by atoms with Gasteiger partial charge in [-0.3, -0.25) is 4.99 Å². The first-order valence-corrected chi connectivity index (χ1v) is 5.33. The van der Waals surface area contributed by atoms with E-state index in [0.717, 1.165) is 16.9 Å². The normalized spacial score (nSPS) is 9.94. The Balaban J connectivity index is 2.07. The number of aliphatic imine (C=N–C) groups is 1. The van der Waals surface area contributed by atoms with Crippen molar-refractivity contribution in [2.75, 3.05) is 5.32 Å². The molecule has 0 spiro atoms. The number of nitrogens with one attached hydrogen (secondary N) is 1. The molecule has 0 aliphatic heterocycles. The highest BCUT2D eigenvalue weighted by molar-refractivity contribution is 5.67. The molecule has 0 aliphatic carbocycles. The van der Waals surface area contributed by atoms with Crippen molar-refractivity contribution in [3.05, 3.63) is 59.9 Å². The van der Waals surface area contributed by atoms with Crippen molar-refractivity contribution in [3.8, 4) is 0 Å². The Kier molecular flexibility index (Phi) is 3.50. The third-order valence-corrected chi connectivity index (χ3v) is 2.47. The average Bonchev–Trinajstić information content (AvgIpc) is 2.38. The number of benzene rings is 2. The Morgan fingerprint density at radius 2 is 1.76 bits per heavy atom. The Bertz CT molecular complexity index is 506. The highest BCUT2D eigenvalue weighted by Crippen LogP contribution is 2.23. The van der Waals surface area contributed by atoms with E-state index in [-0.39, 0.29) is 5.82 Å². The lowest BCUT2D eigenvalue weighted by Gasteiger charge is -2.08. The Labute approximate surface area is 99.8 Å². The van der Waals surface area contributed by atoms with Gasteiger partial charge in [0.25, 0.3) is 0 Å². The van der Waals surface area contributed by atoms with E-state index in [2.05, 4.69) is 17.0 Å². The lowest BCUT2D eigenvalue weighted by atomic mass is 10.2. The first-order chi connectivity index (χ1) is 8.29. The van der Waals surface area contributed by atoms with E-state index >= 15 is 0 Å². The zero-order chi connectivity index (χ0) is 12.1. The molecule has 17 heavy (non-hydrogen) atoms. The molecule has 2 rings (SSSR count). The molecule has 0 aromatic heterocycles. The van der Waals surface area contributed by atoms with Crippen LogP contribution in [0.15, 0.2) is 53.5 Å². The second-order valence-electron chi connectivity index (χ2n) is 3.66. The maximum absolute atomic E-state index is 12.7. The van der Waals surface area contributed by atoms with Crippen LogP contribution >= 0.6 is 0 Å². The molecule has 1 N–H and O–H groups in total. The van der Waals surface area contributed by atoms with Gasteiger partial charge in [-0.25, -0.2) is 4.39 Å². The third kappa shape index (κ3) is 2.91. The van der Waals surface area contributed by atoms with E-state index in [4.69, 9.17) is 0 Å². The van der Waals surface area contributed by atoms with Gasteiger partial charge in [0, 0.05) is 6.54 Å². The van der Waals surface area contributed by atoms with Gasteiger partial charge in [-0.05, 0) is 36.5 Å². The lowest BCUT2D eigenvalue weighted by Crippen LogP contribution is -1.99. The van der Waals surface area contributed by atoms with Crippen molar-refractivity contribution >= 4 is 18.1 Å². The minimum absolute atomic E-state index is 0.220. The molecule has 2 aromatic rings. The number of nitrogens with zero attached hydrogens (tertiary/aromatic N) is 1. The smallest absolute Gasteiger partial charge is 0.123 e. The van der Waals surface area contributed by atoms with Crippen LogP contribution in [0, 0.1) is 5.82 Å². The fourth-order valence-electron chi connectivity index (χ4n) is 1.56. The summed E-state index contributed by atoms with van der Waals surface area (Å²) in [5.41, 5.74) is 2.76. The summed E-state index contributed by atoms with van der Waals surface area (Å²) in [4.78, 5) is 3.92. The van der Waals surface area contributed by atoms with E-state index in [1.54, 1.807) is 12.1 Å². The first kappa shape index (κ1) is 11.3. The molecule has 0 atom stereocenters. The maximum atomic E-state index is 12.7. The number of rotatable bonds is 4. The molecule has 2 nitrogen and oxygen atoms in total. The minimum Gasteiger partial charge on any atom is -0.379 e. The van der Waals surface area contributed by atoms with Crippen LogP contribution in [-0.2, 0) is 6.54 Å². The van der Waals surface area contributed by atoms with Crippen LogP contribution in [0.1, 0.15) is 5.56 Å². The molecule has 0 fully saturated rings. The quantitative estimate of drug-likeness (QED) is 0.791. The number of halogens is 1. The van der Waals surface area contributed by atoms with Gasteiger partial charge in [-0.1, -0.05) is 24.3 Å². The average molecular weight is 228 g/mol. The standard InChI is InChI=1S/C14H13FN2/c1-16-13-4-2-3-5-14(13)17-10-11-6-8-12(15)9-7-11/h2-9,17H,1,10H2. The van der Waals surface area contributed by atoms with Gasteiger partial charge in [-0.15, -0.1) is 0 Å². The Morgan fingerprint density at radius 1 is 1.06 bits per heavy atom. The maximum Gasteiger partial charge on any atom is 0.123 e. The predicted octanol–water partition coefficient (Wildman–Crippen LogP) is 3.77. The van der Waals surface area contributed by atoms with Gasteiger partial charge < -0.3 is 5.32 Å². The largest absolute Gasteiger partial charge is 0.379 e. The molecule has 0 saturated carbocycles. The van der Waals surface area contributed by atoms with Gasteiger partial charge in [0.15, 0.2) is 0 Å². The van der Waals surface area contributed by atoms with E-state index in [1.165, 1.54) is 12.1 Å². The number of anilines is 1. The highest BCUT2D eigenvalue weighted by atomic mass is 19.1. The van der Waals surface area contributed by atoms with Gasteiger partial charge in [0.2, 0.25) is 0 Å². The van der Waals surface area contributed by atoms with Crippen molar-refractivity contribution < 1.29 is 4.39 Å². The SMILES string of the molecule is C=Nc1ccccc1NCc1ccc(F)cc1. The summed E-state index contributed by atoms with van der Waals surface area (Å²) in [6.45, 7) is 4.15. The fraction of sp³-hybridized carbons (Fsp3) is 0.0714. The predicted molar refractivity (Wildman–Crippen MR) is 69.4 cm³/mol. The molecule has 0 amide bonds. The Morgan fingerprint density at radius 3 is 2.47 bits per heavy atom. The molecule has 0 unspecified atom stereocenters. The first-order valence-electron chi connectivity index (χ1n) is 5.33. The van der Waals surface area contributed by atoms with Crippen molar-refractivity contribution in [2.24, 2.45) is 4.99 Å². The van der Waals surface area contributed by atoms with Crippen LogP contribution in [0.25, 0.3) is 0 Å². The van der Waals surface area contributed by atoms with Crippen molar-refractivity contribution in [3.63, 3.8) is 0 Å². The molecule has 0 saturated heterocycles. The van der Waals surface area contributed by atoms with Crippen LogP contribution in [0.3, 0.4) is 0 Å². The van der Waals surface area contributed by atoms with Gasteiger partial charge in [-0.2, -0.15) is 0 Å². The van der Waals surface area contributed by atoms with Gasteiger partial charge in [0.05, 0.1) is 11.4 Å². The summed E-state index contributed by atoms with van der Waals surface area (Å²) >= 11 is 0. The minimum atomic E-state index is -0.220. The monoisotopic (exact) mass is 228 g/mol. The molecule has 3 heteroatoms. The summed E-state index contributed by atoms with van der Waals surface area (Å²) in [7, 11) is 0. The summed E-state index contributed by atoms with van der Waals surface area (Å²) in [6, 6.07) is 14.1. The van der Waals surface area contributed by atoms with Crippen LogP contribution < -0.4 is 5.32 Å². The van der Waals surface area contributed by atoms with E-state index in [9.17, 15) is 4.39 Å². The molecular formula is C14H13FN2. The Hall–Kier alpha value is -2.16. The van der Waals surface area contributed by atoms with Crippen molar-refractivity contribution in [1.29, 1.82) is 0 Å². The van der Waals surface area contributed by atoms with Crippen LogP contribution in [0.5, 0.6) is 0 Å². The van der Waals surface area contributed by atoms with Gasteiger partial charge >= 0.3 is 0 Å². The molecule has 86 valence electrons. The summed E-state index contributed by atoms with van der Waals surface area (Å²) in [6.07, 6.45) is 0. The van der Waals surface area contributed by atoms with Gasteiger partial charge in [0.1, 0.15) is 5.82 Å². The summed E-state index contributed by atoms with van der Waals surface area (Å²) < 4.78 is 12.7. The molecular weight excluding hydrogens is 215 g/mol. The number of hydrogen-bond acceptors (Lipinski definition) is 2. The second kappa shape index (κ2) is 5.25. The molecule has 0 radical (unpaired) electrons. The van der Waals surface area contributed by atoms with Crippen LogP contribution in [-0.4, -0.2) is 6.72 Å². The van der Waals surface area contributed by atoms with E-state index in [1.807, 2.05) is 24.3 Å². The molecule has 0 aliphatic rings. The molecule has 0 heterocycles. The van der Waals surface area contributed by atoms with Crippen LogP contribution in [0.4, 0.5) is 15.8 Å². The number of para-hydroxylation sites is 2. The van der Waals surface area contributed by atoms with E-state index in [0.29, 0.717) is 6.54 Å². The summed E-state index contributed by atoms with van der Waals surface area (Å²) in [5.74, 6) is -0.220. The van der Waals surface area contributed by atoms with E-state index < -0.39 is 0 Å². The topological polar surface area (TPSA) is 24.4 Å². The highest BCUT2D eigenvalue weighted by Gasteiger charge is 1.99. The third-order valence-electron chi connectivity index (χ3n) is 2.47. The lowest BCUT2D eigenvalue weighted by molar-refractivity contribution is 0.627. The van der Waals surface area contributed by atoms with Crippen molar-refractivity contribution in [1.82, 2.24) is 0 Å². The number of hydrogen-bond donors (Lipinski definition) is 1.